The molecule has 1 aliphatic carbocycles. The van der Waals surface area contributed by atoms with E-state index in [9.17, 15) is 0 Å². The Balaban J connectivity index is 0.905. The van der Waals surface area contributed by atoms with Gasteiger partial charge >= 0.3 is 0 Å². The van der Waals surface area contributed by atoms with Crippen molar-refractivity contribution in [3.8, 4) is 67.0 Å². The molecule has 0 aliphatic heterocycles. The molecule has 6 nitrogen and oxygen atoms in total. The number of benzene rings is 6. The second-order valence-corrected chi connectivity index (χ2v) is 16.4. The molecule has 1 aliphatic rings. The summed E-state index contributed by atoms with van der Waals surface area (Å²) in [6.45, 7) is 0. The molecule has 294 valence electrons. The number of aromatic nitrogens is 6. The summed E-state index contributed by atoms with van der Waals surface area (Å²) in [6.07, 6.45) is 12.2. The molecule has 6 heterocycles. The largest absolute Gasteiger partial charge is 0.308 e. The molecule has 0 saturated carbocycles. The van der Waals surface area contributed by atoms with Crippen LogP contribution >= 0.6 is 0 Å². The first-order valence-electron chi connectivity index (χ1n) is 21.3. The van der Waals surface area contributed by atoms with E-state index in [0.717, 1.165) is 106 Å². The van der Waals surface area contributed by atoms with Gasteiger partial charge in [-0.2, -0.15) is 0 Å². The van der Waals surface area contributed by atoms with Crippen molar-refractivity contribution in [3.63, 3.8) is 0 Å². The van der Waals surface area contributed by atoms with Crippen LogP contribution in [0.4, 0.5) is 0 Å². The number of hydrogen-bond donors (Lipinski definition) is 0. The average molecular weight is 805 g/mol. The Morgan fingerprint density at radius 2 is 0.762 bits per heavy atom. The fourth-order valence-electron chi connectivity index (χ4n) is 9.83. The van der Waals surface area contributed by atoms with E-state index in [1.165, 1.54) is 22.3 Å². The van der Waals surface area contributed by atoms with Crippen LogP contribution in [0, 0.1) is 0 Å². The lowest BCUT2D eigenvalue weighted by Gasteiger charge is -2.13. The van der Waals surface area contributed by atoms with Gasteiger partial charge in [0.1, 0.15) is 0 Å². The fraction of sp³-hybridized carbons (Fsp3) is 0.0175. The molecular weight excluding hydrogens is 769 g/mol. The number of hydrogen-bond acceptors (Lipinski definition) is 4. The second kappa shape index (κ2) is 14.0. The van der Waals surface area contributed by atoms with Gasteiger partial charge in [0.05, 0.1) is 33.1 Å². The topological polar surface area (TPSA) is 61.4 Å². The van der Waals surface area contributed by atoms with Gasteiger partial charge < -0.3 is 9.13 Å². The molecule has 0 radical (unpaired) electrons. The van der Waals surface area contributed by atoms with E-state index in [-0.39, 0.29) is 0 Å². The van der Waals surface area contributed by atoms with Crippen LogP contribution in [0.2, 0.25) is 0 Å². The van der Waals surface area contributed by atoms with Crippen molar-refractivity contribution in [1.29, 1.82) is 0 Å². The monoisotopic (exact) mass is 804 g/mol. The van der Waals surface area contributed by atoms with Gasteiger partial charge in [0.2, 0.25) is 0 Å². The highest BCUT2D eigenvalue weighted by Crippen LogP contribution is 2.43. The first-order chi connectivity index (χ1) is 31.2. The van der Waals surface area contributed by atoms with Gasteiger partial charge in [-0.25, -0.2) is 0 Å². The maximum atomic E-state index is 4.95. The Morgan fingerprint density at radius 1 is 0.333 bits per heavy atom. The predicted molar refractivity (Wildman–Crippen MR) is 256 cm³/mol. The van der Waals surface area contributed by atoms with Gasteiger partial charge in [0.25, 0.3) is 0 Å². The van der Waals surface area contributed by atoms with Crippen molar-refractivity contribution in [1.82, 2.24) is 29.1 Å². The molecule has 12 aromatic rings. The van der Waals surface area contributed by atoms with Gasteiger partial charge in [-0.05, 0) is 159 Å². The standard InChI is InChI=1S/C57H36N6/c1-7-36(27-38(9-1)44-11-3-23-58-34-44)40-17-21-52-50(30-40)56-54(13-5-25-60-56)62(52)46-19-15-42-29-43-16-20-47(33-49(43)48(42)32-46)63-53-22-18-41(31-51(53)57-55(63)14-6-26-61-57)37-8-2-10-39(28-37)45-12-4-24-59-35-45/h1-28,30-35H,29H2. The summed E-state index contributed by atoms with van der Waals surface area (Å²) in [7, 11) is 0. The van der Waals surface area contributed by atoms with E-state index in [1.54, 1.807) is 0 Å². The van der Waals surface area contributed by atoms with Crippen molar-refractivity contribution in [2.75, 3.05) is 0 Å². The summed E-state index contributed by atoms with van der Waals surface area (Å²) >= 11 is 0. The Kier molecular flexibility index (Phi) is 7.87. The third-order valence-electron chi connectivity index (χ3n) is 12.8. The van der Waals surface area contributed by atoms with Crippen LogP contribution in [0.25, 0.3) is 111 Å². The highest BCUT2D eigenvalue weighted by Gasteiger charge is 2.23. The van der Waals surface area contributed by atoms with Crippen LogP contribution < -0.4 is 0 Å². The van der Waals surface area contributed by atoms with Crippen LogP contribution in [0.3, 0.4) is 0 Å². The lowest BCUT2D eigenvalue weighted by Crippen LogP contribution is -1.96. The minimum atomic E-state index is 0.900. The first-order valence-corrected chi connectivity index (χ1v) is 21.3. The molecule has 0 amide bonds. The molecular formula is C57H36N6. The average Bonchev–Trinajstić information content (AvgIpc) is 4.01. The molecule has 6 aromatic heterocycles. The van der Waals surface area contributed by atoms with Crippen LogP contribution in [0.5, 0.6) is 0 Å². The third-order valence-corrected chi connectivity index (χ3v) is 12.8. The van der Waals surface area contributed by atoms with Crippen molar-refractivity contribution >= 4 is 43.9 Å². The summed E-state index contributed by atoms with van der Waals surface area (Å²) < 4.78 is 4.75. The highest BCUT2D eigenvalue weighted by atomic mass is 15.0. The van der Waals surface area contributed by atoms with E-state index in [0.29, 0.717) is 0 Å². The smallest absolute Gasteiger partial charge is 0.0963 e. The molecule has 6 heteroatoms. The summed E-state index contributed by atoms with van der Waals surface area (Å²) in [4.78, 5) is 18.6. The zero-order valence-corrected chi connectivity index (χ0v) is 34.0. The van der Waals surface area contributed by atoms with Gasteiger partial charge in [0, 0.05) is 70.5 Å². The van der Waals surface area contributed by atoms with E-state index < -0.39 is 0 Å². The van der Waals surface area contributed by atoms with Gasteiger partial charge in [0.15, 0.2) is 0 Å². The molecule has 6 aromatic carbocycles. The Bertz CT molecular complexity index is 3520. The van der Waals surface area contributed by atoms with Crippen LogP contribution in [0.15, 0.2) is 207 Å². The first kappa shape index (κ1) is 35.3. The highest BCUT2D eigenvalue weighted by molar-refractivity contribution is 6.10. The second-order valence-electron chi connectivity index (χ2n) is 16.4. The molecule has 63 heavy (non-hydrogen) atoms. The fourth-order valence-corrected chi connectivity index (χ4v) is 9.83. The molecule has 0 unspecified atom stereocenters. The third kappa shape index (κ3) is 5.73. The molecule has 0 atom stereocenters. The lowest BCUT2D eigenvalue weighted by molar-refractivity contribution is 1.16. The predicted octanol–water partition coefficient (Wildman–Crippen LogP) is 13.7. The van der Waals surface area contributed by atoms with Crippen LogP contribution in [-0.4, -0.2) is 29.1 Å². The summed E-state index contributed by atoms with van der Waals surface area (Å²) in [6, 6.07) is 61.5. The normalized spacial score (nSPS) is 12.1. The van der Waals surface area contributed by atoms with Gasteiger partial charge in [-0.1, -0.05) is 72.8 Å². The van der Waals surface area contributed by atoms with Crippen LogP contribution in [-0.2, 0) is 6.42 Å². The van der Waals surface area contributed by atoms with Gasteiger partial charge in [-0.15, -0.1) is 0 Å². The molecule has 0 spiro atoms. The van der Waals surface area contributed by atoms with E-state index in [2.05, 4.69) is 165 Å². The molecule has 0 fully saturated rings. The van der Waals surface area contributed by atoms with Crippen molar-refractivity contribution < 1.29 is 0 Å². The maximum Gasteiger partial charge on any atom is 0.0963 e. The Labute approximate surface area is 363 Å². The summed E-state index contributed by atoms with van der Waals surface area (Å²) in [5, 5.41) is 2.25. The van der Waals surface area contributed by atoms with Crippen LogP contribution in [0.1, 0.15) is 11.1 Å². The van der Waals surface area contributed by atoms with E-state index in [1.807, 2.05) is 61.4 Å². The van der Waals surface area contributed by atoms with E-state index in [4.69, 9.17) is 9.97 Å². The lowest BCUT2D eigenvalue weighted by atomic mass is 9.99. The number of nitrogens with zero attached hydrogens (tertiary/aromatic N) is 6. The summed E-state index contributed by atoms with van der Waals surface area (Å²) in [5.74, 6) is 0. The quantitative estimate of drug-likeness (QED) is 0.168. The van der Waals surface area contributed by atoms with Crippen molar-refractivity contribution in [2.24, 2.45) is 0 Å². The van der Waals surface area contributed by atoms with Crippen molar-refractivity contribution in [2.45, 2.75) is 6.42 Å². The molecule has 0 saturated heterocycles. The zero-order chi connectivity index (χ0) is 41.4. The summed E-state index contributed by atoms with van der Waals surface area (Å²) in [5.41, 5.74) is 23.0. The van der Waals surface area contributed by atoms with E-state index >= 15 is 0 Å². The number of fused-ring (bicyclic) bond motifs is 9. The molecule has 0 bridgehead atoms. The zero-order valence-electron chi connectivity index (χ0n) is 34.0. The van der Waals surface area contributed by atoms with Gasteiger partial charge in [-0.3, -0.25) is 19.9 Å². The number of rotatable bonds is 6. The molecule has 13 rings (SSSR count). The SMILES string of the molecule is c1cncc(-c2cccc(-c3ccc4c(c3)c3ncccc3n4-c3ccc4c(c3)-c3cc(-n5c6ccc(-c7cccc(-c8cccnc8)c7)cc6c6ncccc65)ccc3C4)c2)c1. The van der Waals surface area contributed by atoms with Crippen molar-refractivity contribution in [3.05, 3.63) is 218 Å². The molecule has 0 N–H and O–H groups in total. The Hall–Kier alpha value is -8.48. The Morgan fingerprint density at radius 3 is 1.22 bits per heavy atom. The maximum absolute atomic E-state index is 4.95. The minimum absolute atomic E-state index is 0.900. The number of pyridine rings is 4. The minimum Gasteiger partial charge on any atom is -0.308 e.